The Bertz CT molecular complexity index is 447. The summed E-state index contributed by atoms with van der Waals surface area (Å²) in [4.78, 5) is 20.4. The fraction of sp³-hybridized carbons (Fsp3) is 0.636. The zero-order valence-corrected chi connectivity index (χ0v) is 12.0. The molecule has 17 heavy (non-hydrogen) atoms. The highest BCUT2D eigenvalue weighted by Gasteiger charge is 2.27. The van der Waals surface area contributed by atoms with E-state index in [2.05, 4.69) is 14.9 Å². The van der Waals surface area contributed by atoms with Gasteiger partial charge in [-0.2, -0.15) is 0 Å². The van der Waals surface area contributed by atoms with Crippen molar-refractivity contribution in [3.63, 3.8) is 0 Å². The van der Waals surface area contributed by atoms with Crippen molar-refractivity contribution >= 4 is 28.4 Å². The highest BCUT2D eigenvalue weighted by atomic mass is 127. The number of nitrogens with zero attached hydrogens (tertiary/aromatic N) is 2. The number of hydrogen-bond donors (Lipinski definition) is 2. The maximum absolute atomic E-state index is 11.5. The van der Waals surface area contributed by atoms with Crippen molar-refractivity contribution in [2.75, 3.05) is 11.9 Å². The normalized spacial score (nSPS) is 24.6. The molecule has 0 amide bonds. The standard InChI is InChI=1S/C11H17IN4O/c1-16(8-5-3-2-4-7(8)13)10-9(12)11(17)15-6-14-10/h6-8H,2-5,13H2,1H3,(H,14,15,17). The van der Waals surface area contributed by atoms with E-state index in [0.717, 1.165) is 18.7 Å². The predicted octanol–water partition coefficient (Wildman–Crippen LogP) is 1.08. The molecule has 0 aromatic carbocycles. The van der Waals surface area contributed by atoms with Crippen molar-refractivity contribution in [2.24, 2.45) is 5.73 Å². The number of halogens is 1. The van der Waals surface area contributed by atoms with Gasteiger partial charge < -0.3 is 15.6 Å². The van der Waals surface area contributed by atoms with Gasteiger partial charge in [0.25, 0.3) is 5.56 Å². The fourth-order valence-corrected chi connectivity index (χ4v) is 3.07. The smallest absolute Gasteiger partial charge is 0.266 e. The van der Waals surface area contributed by atoms with Crippen LogP contribution in [0.25, 0.3) is 0 Å². The Hall–Kier alpha value is -0.630. The third kappa shape index (κ3) is 2.62. The molecule has 5 nitrogen and oxygen atoms in total. The number of aromatic nitrogens is 2. The highest BCUT2D eigenvalue weighted by molar-refractivity contribution is 14.1. The molecule has 1 heterocycles. The Balaban J connectivity index is 2.26. The molecule has 1 aromatic rings. The molecule has 1 aliphatic carbocycles. The van der Waals surface area contributed by atoms with E-state index in [-0.39, 0.29) is 17.6 Å². The fourth-order valence-electron chi connectivity index (χ4n) is 2.40. The van der Waals surface area contributed by atoms with E-state index in [0.29, 0.717) is 3.57 Å². The molecule has 0 bridgehead atoms. The van der Waals surface area contributed by atoms with E-state index in [1.807, 2.05) is 29.6 Å². The van der Waals surface area contributed by atoms with E-state index >= 15 is 0 Å². The topological polar surface area (TPSA) is 75.0 Å². The van der Waals surface area contributed by atoms with Crippen molar-refractivity contribution in [1.82, 2.24) is 9.97 Å². The first kappa shape index (κ1) is 12.8. The van der Waals surface area contributed by atoms with Crippen molar-refractivity contribution in [1.29, 1.82) is 0 Å². The molecule has 2 atom stereocenters. The molecule has 2 unspecified atom stereocenters. The van der Waals surface area contributed by atoms with Crippen molar-refractivity contribution in [3.8, 4) is 0 Å². The Kier molecular flexibility index (Phi) is 4.03. The SMILES string of the molecule is CN(c1nc[nH]c(=O)c1I)C1CCCCC1N. The summed E-state index contributed by atoms with van der Waals surface area (Å²) in [6, 6.07) is 0.456. The second-order valence-electron chi connectivity index (χ2n) is 4.50. The second-order valence-corrected chi connectivity index (χ2v) is 5.57. The van der Waals surface area contributed by atoms with Crippen molar-refractivity contribution in [2.45, 2.75) is 37.8 Å². The second kappa shape index (κ2) is 5.34. The van der Waals surface area contributed by atoms with Crippen LogP contribution in [-0.4, -0.2) is 29.1 Å². The Morgan fingerprint density at radius 2 is 2.24 bits per heavy atom. The Morgan fingerprint density at radius 3 is 2.94 bits per heavy atom. The van der Waals surface area contributed by atoms with Gasteiger partial charge in [-0.25, -0.2) is 4.98 Å². The lowest BCUT2D eigenvalue weighted by Gasteiger charge is -2.36. The van der Waals surface area contributed by atoms with Crippen LogP contribution in [0.2, 0.25) is 0 Å². The van der Waals surface area contributed by atoms with Gasteiger partial charge >= 0.3 is 0 Å². The monoisotopic (exact) mass is 348 g/mol. The molecular formula is C11H17IN4O. The van der Waals surface area contributed by atoms with Gasteiger partial charge in [-0.1, -0.05) is 12.8 Å². The quantitative estimate of drug-likeness (QED) is 0.785. The molecule has 6 heteroatoms. The number of aromatic amines is 1. The third-order valence-corrected chi connectivity index (χ3v) is 4.36. The molecule has 0 radical (unpaired) electrons. The minimum Gasteiger partial charge on any atom is -0.354 e. The molecule has 1 aromatic heterocycles. The first-order valence-corrected chi connectivity index (χ1v) is 6.90. The van der Waals surface area contributed by atoms with E-state index in [1.54, 1.807) is 0 Å². The summed E-state index contributed by atoms with van der Waals surface area (Å²) < 4.78 is 0.630. The number of rotatable bonds is 2. The lowest BCUT2D eigenvalue weighted by atomic mass is 9.90. The molecule has 1 saturated carbocycles. The van der Waals surface area contributed by atoms with Crippen LogP contribution in [-0.2, 0) is 0 Å². The molecule has 2 rings (SSSR count). The summed E-state index contributed by atoms with van der Waals surface area (Å²) in [7, 11) is 1.97. The summed E-state index contributed by atoms with van der Waals surface area (Å²) in [5, 5.41) is 0. The predicted molar refractivity (Wildman–Crippen MR) is 76.2 cm³/mol. The highest BCUT2D eigenvalue weighted by Crippen LogP contribution is 2.25. The number of anilines is 1. The summed E-state index contributed by atoms with van der Waals surface area (Å²) >= 11 is 2.03. The lowest BCUT2D eigenvalue weighted by molar-refractivity contribution is 0.372. The summed E-state index contributed by atoms with van der Waals surface area (Å²) in [5.41, 5.74) is 6.06. The maximum atomic E-state index is 11.5. The van der Waals surface area contributed by atoms with Crippen molar-refractivity contribution < 1.29 is 0 Å². The molecule has 1 fully saturated rings. The number of nitrogens with one attached hydrogen (secondary N) is 1. The number of hydrogen-bond acceptors (Lipinski definition) is 4. The van der Waals surface area contributed by atoms with Crippen LogP contribution in [0, 0.1) is 3.57 Å². The van der Waals surface area contributed by atoms with Crippen LogP contribution in [0.5, 0.6) is 0 Å². The van der Waals surface area contributed by atoms with Crippen LogP contribution in [0.4, 0.5) is 5.82 Å². The van der Waals surface area contributed by atoms with Crippen LogP contribution in [0.1, 0.15) is 25.7 Å². The summed E-state index contributed by atoms with van der Waals surface area (Å²) in [6.45, 7) is 0. The average molecular weight is 348 g/mol. The van der Waals surface area contributed by atoms with Crippen LogP contribution in [0.15, 0.2) is 11.1 Å². The largest absolute Gasteiger partial charge is 0.354 e. The van der Waals surface area contributed by atoms with E-state index in [4.69, 9.17) is 5.73 Å². The van der Waals surface area contributed by atoms with E-state index in [1.165, 1.54) is 19.2 Å². The summed E-state index contributed by atoms with van der Waals surface area (Å²) in [6.07, 6.45) is 5.97. The van der Waals surface area contributed by atoms with Crippen LogP contribution in [0.3, 0.4) is 0 Å². The van der Waals surface area contributed by atoms with Gasteiger partial charge in [0.1, 0.15) is 9.39 Å². The van der Waals surface area contributed by atoms with Gasteiger partial charge in [0.05, 0.1) is 6.33 Å². The summed E-state index contributed by atoms with van der Waals surface area (Å²) in [5.74, 6) is 0.733. The minimum atomic E-state index is -0.0909. The minimum absolute atomic E-state index is 0.0909. The van der Waals surface area contributed by atoms with Gasteiger partial charge in [0, 0.05) is 19.1 Å². The first-order chi connectivity index (χ1) is 8.11. The van der Waals surface area contributed by atoms with E-state index in [9.17, 15) is 4.79 Å². The number of nitrogens with two attached hydrogens (primary N) is 1. The third-order valence-electron chi connectivity index (χ3n) is 3.39. The molecule has 0 aliphatic heterocycles. The van der Waals surface area contributed by atoms with Crippen molar-refractivity contribution in [3.05, 3.63) is 20.3 Å². The molecular weight excluding hydrogens is 331 g/mol. The maximum Gasteiger partial charge on any atom is 0.266 e. The zero-order valence-electron chi connectivity index (χ0n) is 9.82. The van der Waals surface area contributed by atoms with Crippen LogP contribution < -0.4 is 16.2 Å². The molecule has 0 saturated heterocycles. The van der Waals surface area contributed by atoms with Gasteiger partial charge in [0.2, 0.25) is 0 Å². The molecule has 1 aliphatic rings. The molecule has 0 spiro atoms. The molecule has 94 valence electrons. The number of likely N-dealkylation sites (N-methyl/N-ethyl adjacent to an activating group) is 1. The molecule has 3 N–H and O–H groups in total. The van der Waals surface area contributed by atoms with E-state index < -0.39 is 0 Å². The Morgan fingerprint density at radius 1 is 1.53 bits per heavy atom. The van der Waals surface area contributed by atoms with Gasteiger partial charge in [-0.05, 0) is 35.4 Å². The first-order valence-electron chi connectivity index (χ1n) is 5.83. The zero-order chi connectivity index (χ0) is 12.4. The lowest BCUT2D eigenvalue weighted by Crippen LogP contribution is -2.49. The van der Waals surface area contributed by atoms with Gasteiger partial charge in [0.15, 0.2) is 0 Å². The Labute approximate surface area is 114 Å². The van der Waals surface area contributed by atoms with Gasteiger partial charge in [-0.3, -0.25) is 4.79 Å². The van der Waals surface area contributed by atoms with Crippen LogP contribution >= 0.6 is 22.6 Å². The number of H-pyrrole nitrogens is 1. The average Bonchev–Trinajstić information content (AvgIpc) is 2.32. The van der Waals surface area contributed by atoms with Gasteiger partial charge in [-0.15, -0.1) is 0 Å².